The van der Waals surface area contributed by atoms with Gasteiger partial charge in [-0.25, -0.2) is 4.57 Å². The van der Waals surface area contributed by atoms with Crippen LogP contribution in [0.2, 0.25) is 0 Å². The van der Waals surface area contributed by atoms with Gasteiger partial charge in [-0.15, -0.1) is 0 Å². The summed E-state index contributed by atoms with van der Waals surface area (Å²) in [5.41, 5.74) is 5.34. The number of phosphoric acid groups is 1. The smallest absolute Gasteiger partial charge is 0.462 e. The Morgan fingerprint density at radius 1 is 0.544 bits per heavy atom. The van der Waals surface area contributed by atoms with Crippen LogP contribution in [0.25, 0.3) is 0 Å². The normalized spacial score (nSPS) is 14.4. The minimum atomic E-state index is -4.41. The molecule has 0 aliphatic rings. The van der Waals surface area contributed by atoms with E-state index in [0.717, 1.165) is 77.0 Å². The number of esters is 2. The van der Waals surface area contributed by atoms with Crippen LogP contribution in [0, 0.1) is 0 Å². The SMILES string of the molecule is CCC=CCC=CCC=CCC=CCC=CCCCC(=O)OC[C@H](COP(=O)(O)OCCN)OC(=O)CCCCCC=CCC=CCC=CCC=CCCCCC. The summed E-state index contributed by atoms with van der Waals surface area (Å²) in [6, 6.07) is 0. The highest BCUT2D eigenvalue weighted by Gasteiger charge is 2.25. The molecular weight excluding hydrogens is 737 g/mol. The Hall–Kier alpha value is -3.33. The van der Waals surface area contributed by atoms with Crippen molar-refractivity contribution in [2.24, 2.45) is 5.73 Å². The molecular formula is C47H76NO8P. The summed E-state index contributed by atoms with van der Waals surface area (Å²) >= 11 is 0. The number of unbranched alkanes of at least 4 members (excludes halogenated alkanes) is 7. The van der Waals surface area contributed by atoms with Gasteiger partial charge in [0.15, 0.2) is 6.10 Å². The molecule has 0 rings (SSSR count). The van der Waals surface area contributed by atoms with E-state index in [1.54, 1.807) is 0 Å². The Kier molecular flexibility index (Phi) is 39.8. The lowest BCUT2D eigenvalue weighted by molar-refractivity contribution is -0.161. The lowest BCUT2D eigenvalue weighted by Gasteiger charge is -2.19. The van der Waals surface area contributed by atoms with Gasteiger partial charge in [0.2, 0.25) is 0 Å². The van der Waals surface area contributed by atoms with Gasteiger partial charge in [0, 0.05) is 19.4 Å². The minimum absolute atomic E-state index is 0.0337. The molecule has 0 heterocycles. The molecule has 57 heavy (non-hydrogen) atoms. The van der Waals surface area contributed by atoms with Gasteiger partial charge in [-0.05, 0) is 96.3 Å². The Morgan fingerprint density at radius 3 is 1.46 bits per heavy atom. The van der Waals surface area contributed by atoms with Crippen LogP contribution in [0.3, 0.4) is 0 Å². The second-order valence-electron chi connectivity index (χ2n) is 13.5. The molecule has 1 unspecified atom stereocenters. The van der Waals surface area contributed by atoms with Crippen LogP contribution < -0.4 is 5.73 Å². The third-order valence-corrected chi connectivity index (χ3v) is 9.13. The van der Waals surface area contributed by atoms with Crippen molar-refractivity contribution in [3.8, 4) is 0 Å². The van der Waals surface area contributed by atoms with Crippen LogP contribution in [-0.2, 0) is 32.7 Å². The van der Waals surface area contributed by atoms with Crippen LogP contribution in [0.15, 0.2) is 109 Å². The van der Waals surface area contributed by atoms with E-state index in [4.69, 9.17) is 24.3 Å². The zero-order chi connectivity index (χ0) is 41.8. The molecule has 2 atom stereocenters. The van der Waals surface area contributed by atoms with E-state index in [2.05, 4.69) is 117 Å². The molecule has 0 aromatic heterocycles. The predicted octanol–water partition coefficient (Wildman–Crippen LogP) is 12.4. The highest BCUT2D eigenvalue weighted by molar-refractivity contribution is 7.47. The first-order chi connectivity index (χ1) is 27.8. The van der Waals surface area contributed by atoms with Gasteiger partial charge >= 0.3 is 19.8 Å². The molecule has 0 saturated carbocycles. The number of carbonyl (C=O) groups excluding carboxylic acids is 2. The van der Waals surface area contributed by atoms with Gasteiger partial charge in [0.05, 0.1) is 13.2 Å². The van der Waals surface area contributed by atoms with Crippen molar-refractivity contribution in [3.63, 3.8) is 0 Å². The van der Waals surface area contributed by atoms with Crippen molar-refractivity contribution in [2.75, 3.05) is 26.4 Å². The maximum Gasteiger partial charge on any atom is 0.472 e. The number of allylic oxidation sites excluding steroid dienone is 18. The van der Waals surface area contributed by atoms with Crippen molar-refractivity contribution < 1.29 is 37.6 Å². The quantitative estimate of drug-likeness (QED) is 0.0270. The van der Waals surface area contributed by atoms with Crippen molar-refractivity contribution in [1.29, 1.82) is 0 Å². The van der Waals surface area contributed by atoms with Crippen LogP contribution in [0.1, 0.15) is 142 Å². The number of rotatable bonds is 38. The molecule has 0 aliphatic heterocycles. The fourth-order valence-electron chi connectivity index (χ4n) is 5.00. The first-order valence-electron chi connectivity index (χ1n) is 21.4. The second kappa shape index (κ2) is 42.3. The maximum atomic E-state index is 12.6. The Balaban J connectivity index is 4.36. The van der Waals surface area contributed by atoms with E-state index >= 15 is 0 Å². The summed E-state index contributed by atoms with van der Waals surface area (Å²) in [4.78, 5) is 34.8. The lowest BCUT2D eigenvalue weighted by Crippen LogP contribution is -2.29. The number of nitrogens with two attached hydrogens (primary N) is 1. The number of carbonyl (C=O) groups is 2. The molecule has 0 fully saturated rings. The summed E-state index contributed by atoms with van der Waals surface area (Å²) in [5.74, 6) is -0.946. The standard InChI is InChI=1S/C47H76NO8P/c1-3-5-7-9-11-13-15-17-19-21-22-24-26-28-30-32-34-36-38-40-47(50)56-45(44-55-57(51,52)54-42-41-48)43-53-46(49)39-37-35-33-31-29-27-25-23-20-18-16-14-12-10-8-6-4-2/h6,8,11-14,17-20,22,24-25,27-28,30-31,33,45H,3-5,7,9-10,15-16,21,23,26,29,32,34-44,48H2,1-2H3,(H,51,52)/t45-/m1/s1. The zero-order valence-electron chi connectivity index (χ0n) is 35.3. The fourth-order valence-corrected chi connectivity index (χ4v) is 5.77. The molecule has 3 N–H and O–H groups in total. The average Bonchev–Trinajstić information content (AvgIpc) is 3.20. The number of phosphoric ester groups is 1. The molecule has 10 heteroatoms. The molecule has 0 aromatic carbocycles. The van der Waals surface area contributed by atoms with Crippen molar-refractivity contribution >= 4 is 19.8 Å². The third-order valence-electron chi connectivity index (χ3n) is 8.14. The highest BCUT2D eigenvalue weighted by Crippen LogP contribution is 2.43. The van der Waals surface area contributed by atoms with E-state index in [1.807, 2.05) is 6.08 Å². The van der Waals surface area contributed by atoms with Crippen molar-refractivity contribution in [2.45, 2.75) is 148 Å². The van der Waals surface area contributed by atoms with Crippen molar-refractivity contribution in [3.05, 3.63) is 109 Å². The predicted molar refractivity (Wildman–Crippen MR) is 238 cm³/mol. The van der Waals surface area contributed by atoms with Gasteiger partial charge in [-0.2, -0.15) is 0 Å². The zero-order valence-corrected chi connectivity index (χ0v) is 36.2. The van der Waals surface area contributed by atoms with Gasteiger partial charge in [0.1, 0.15) is 6.61 Å². The number of hydrogen-bond donors (Lipinski definition) is 2. The van der Waals surface area contributed by atoms with Crippen LogP contribution in [0.4, 0.5) is 0 Å². The molecule has 9 nitrogen and oxygen atoms in total. The minimum Gasteiger partial charge on any atom is -0.462 e. The van der Waals surface area contributed by atoms with E-state index in [1.165, 1.54) is 25.7 Å². The largest absolute Gasteiger partial charge is 0.472 e. The van der Waals surface area contributed by atoms with Crippen LogP contribution >= 0.6 is 7.82 Å². The molecule has 0 aromatic rings. The van der Waals surface area contributed by atoms with E-state index in [9.17, 15) is 19.0 Å². The second-order valence-corrected chi connectivity index (χ2v) is 14.9. The third kappa shape index (κ3) is 42.1. The van der Waals surface area contributed by atoms with Crippen LogP contribution in [-0.4, -0.2) is 49.3 Å². The molecule has 0 saturated heterocycles. The molecule has 0 amide bonds. The molecule has 322 valence electrons. The van der Waals surface area contributed by atoms with E-state index in [-0.39, 0.29) is 32.6 Å². The first kappa shape index (κ1) is 53.7. The summed E-state index contributed by atoms with van der Waals surface area (Å²) < 4.78 is 32.7. The van der Waals surface area contributed by atoms with E-state index < -0.39 is 32.5 Å². The Morgan fingerprint density at radius 2 is 0.982 bits per heavy atom. The molecule has 0 bridgehead atoms. The number of hydrogen-bond acceptors (Lipinski definition) is 8. The summed E-state index contributed by atoms with van der Waals surface area (Å²) in [6.07, 6.45) is 55.5. The van der Waals surface area contributed by atoms with Crippen molar-refractivity contribution in [1.82, 2.24) is 0 Å². The summed E-state index contributed by atoms with van der Waals surface area (Å²) in [7, 11) is -4.41. The molecule has 0 radical (unpaired) electrons. The average molecular weight is 814 g/mol. The van der Waals surface area contributed by atoms with E-state index in [0.29, 0.717) is 12.8 Å². The maximum absolute atomic E-state index is 12.6. The van der Waals surface area contributed by atoms with Crippen LogP contribution in [0.5, 0.6) is 0 Å². The van der Waals surface area contributed by atoms with Gasteiger partial charge < -0.3 is 20.1 Å². The number of ether oxygens (including phenoxy) is 2. The van der Waals surface area contributed by atoms with Gasteiger partial charge in [-0.3, -0.25) is 18.6 Å². The monoisotopic (exact) mass is 814 g/mol. The molecule has 0 spiro atoms. The molecule has 0 aliphatic carbocycles. The van der Waals surface area contributed by atoms with Gasteiger partial charge in [0.25, 0.3) is 0 Å². The lowest BCUT2D eigenvalue weighted by atomic mass is 10.1. The Bertz CT molecular complexity index is 1290. The summed E-state index contributed by atoms with van der Waals surface area (Å²) in [5, 5.41) is 0. The fraction of sp³-hybridized carbons (Fsp3) is 0.574. The first-order valence-corrected chi connectivity index (χ1v) is 22.9. The topological polar surface area (TPSA) is 134 Å². The van der Waals surface area contributed by atoms with Gasteiger partial charge in [-0.1, -0.05) is 142 Å². The Labute approximate surface area is 346 Å². The summed E-state index contributed by atoms with van der Waals surface area (Å²) in [6.45, 7) is 3.45. The highest BCUT2D eigenvalue weighted by atomic mass is 31.2.